The summed E-state index contributed by atoms with van der Waals surface area (Å²) >= 11 is 0. The molecule has 0 spiro atoms. The SMILES string of the molecule is C=C[Si](C=C)(CCP(=O)(c1ccccc1)c1ccccc1)c1ccccc1. The van der Waals surface area contributed by atoms with Crippen LogP contribution in [-0.4, -0.2) is 14.2 Å². The first-order chi connectivity index (χ1) is 13.1. The fourth-order valence-electron chi connectivity index (χ4n) is 3.50. The van der Waals surface area contributed by atoms with Gasteiger partial charge in [-0.05, 0) is 6.04 Å². The van der Waals surface area contributed by atoms with Crippen LogP contribution < -0.4 is 15.8 Å². The molecule has 3 aromatic rings. The molecule has 0 atom stereocenters. The van der Waals surface area contributed by atoms with Gasteiger partial charge in [0.05, 0.1) is 0 Å². The van der Waals surface area contributed by atoms with Crippen LogP contribution in [0.15, 0.2) is 116 Å². The molecule has 0 N–H and O–H groups in total. The Kier molecular flexibility index (Phi) is 6.10. The number of hydrogen-bond donors (Lipinski definition) is 0. The molecule has 3 rings (SSSR count). The van der Waals surface area contributed by atoms with E-state index in [2.05, 4.69) is 48.8 Å². The lowest BCUT2D eigenvalue weighted by Crippen LogP contribution is -2.45. The Morgan fingerprint density at radius 1 is 0.704 bits per heavy atom. The monoisotopic (exact) mass is 388 g/mol. The van der Waals surface area contributed by atoms with Crippen molar-refractivity contribution in [2.45, 2.75) is 6.04 Å². The van der Waals surface area contributed by atoms with Crippen LogP contribution in [0.4, 0.5) is 0 Å². The molecule has 0 heterocycles. The fourth-order valence-corrected chi connectivity index (χ4v) is 10.5. The van der Waals surface area contributed by atoms with E-state index in [4.69, 9.17) is 0 Å². The minimum atomic E-state index is -2.73. The predicted molar refractivity (Wildman–Crippen MR) is 122 cm³/mol. The van der Waals surface area contributed by atoms with Crippen LogP contribution in [0.2, 0.25) is 6.04 Å². The highest BCUT2D eigenvalue weighted by Crippen LogP contribution is 2.45. The standard InChI is InChI=1S/C24H25OPSi/c1-3-27(4-2,24-18-12-7-13-19-24)21-20-26(25,22-14-8-5-9-15-22)23-16-10-6-11-17-23/h3-19H,1-2,20-21H2. The van der Waals surface area contributed by atoms with Crippen molar-refractivity contribution in [2.75, 3.05) is 6.16 Å². The maximum absolute atomic E-state index is 14.3. The molecule has 0 aromatic heterocycles. The van der Waals surface area contributed by atoms with Crippen molar-refractivity contribution in [3.8, 4) is 0 Å². The van der Waals surface area contributed by atoms with Gasteiger partial charge in [-0.2, -0.15) is 0 Å². The van der Waals surface area contributed by atoms with Crippen molar-refractivity contribution in [3.63, 3.8) is 0 Å². The average Bonchev–Trinajstić information content (AvgIpc) is 2.76. The van der Waals surface area contributed by atoms with E-state index in [1.165, 1.54) is 5.19 Å². The van der Waals surface area contributed by atoms with Gasteiger partial charge in [-0.3, -0.25) is 0 Å². The lowest BCUT2D eigenvalue weighted by Gasteiger charge is -2.28. The van der Waals surface area contributed by atoms with Crippen LogP contribution >= 0.6 is 7.14 Å². The van der Waals surface area contributed by atoms with Crippen molar-refractivity contribution in [2.24, 2.45) is 0 Å². The summed E-state index contributed by atoms with van der Waals surface area (Å²) in [5, 5.41) is 3.10. The van der Waals surface area contributed by atoms with Gasteiger partial charge in [0, 0.05) is 16.8 Å². The Morgan fingerprint density at radius 3 is 1.52 bits per heavy atom. The molecular weight excluding hydrogens is 363 g/mol. The summed E-state index contributed by atoms with van der Waals surface area (Å²) in [5.41, 5.74) is 4.13. The van der Waals surface area contributed by atoms with Crippen LogP contribution in [0, 0.1) is 0 Å². The van der Waals surface area contributed by atoms with Gasteiger partial charge in [-0.15, -0.1) is 13.2 Å². The summed E-state index contributed by atoms with van der Waals surface area (Å²) < 4.78 is 14.3. The largest absolute Gasteiger partial charge is 0.314 e. The van der Waals surface area contributed by atoms with Crippen LogP contribution in [0.25, 0.3) is 0 Å². The maximum Gasteiger partial charge on any atom is 0.143 e. The Hall–Kier alpha value is -2.41. The van der Waals surface area contributed by atoms with E-state index in [9.17, 15) is 4.57 Å². The number of benzene rings is 3. The summed E-state index contributed by atoms with van der Waals surface area (Å²) in [6.07, 6.45) is 0.611. The van der Waals surface area contributed by atoms with Crippen LogP contribution in [0.3, 0.4) is 0 Å². The van der Waals surface area contributed by atoms with Crippen LogP contribution in [-0.2, 0) is 4.57 Å². The van der Waals surface area contributed by atoms with E-state index in [1.807, 2.05) is 66.7 Å². The van der Waals surface area contributed by atoms with E-state index in [1.54, 1.807) is 0 Å². The van der Waals surface area contributed by atoms with E-state index < -0.39 is 15.2 Å². The number of rotatable bonds is 8. The second kappa shape index (κ2) is 8.52. The third-order valence-electron chi connectivity index (χ3n) is 5.23. The van der Waals surface area contributed by atoms with Gasteiger partial charge in [-0.25, -0.2) is 0 Å². The highest BCUT2D eigenvalue weighted by atomic mass is 31.2. The van der Waals surface area contributed by atoms with Crippen molar-refractivity contribution < 1.29 is 4.57 Å². The molecule has 0 unspecified atom stereocenters. The quantitative estimate of drug-likeness (QED) is 0.400. The van der Waals surface area contributed by atoms with Gasteiger partial charge in [0.15, 0.2) is 0 Å². The molecule has 1 nitrogen and oxygen atoms in total. The molecular formula is C24H25OPSi. The molecule has 27 heavy (non-hydrogen) atoms. The molecule has 136 valence electrons. The Balaban J connectivity index is 2.01. The average molecular weight is 389 g/mol. The zero-order valence-electron chi connectivity index (χ0n) is 15.5. The highest BCUT2D eigenvalue weighted by molar-refractivity contribution is 7.78. The van der Waals surface area contributed by atoms with Crippen molar-refractivity contribution in [1.82, 2.24) is 0 Å². The first-order valence-corrected chi connectivity index (χ1v) is 13.4. The third-order valence-corrected chi connectivity index (χ3v) is 12.7. The first-order valence-electron chi connectivity index (χ1n) is 9.18. The molecule has 3 aromatic carbocycles. The summed E-state index contributed by atoms with van der Waals surface area (Å²) in [6.45, 7) is 8.25. The summed E-state index contributed by atoms with van der Waals surface area (Å²) in [4.78, 5) is 0. The fraction of sp³-hybridized carbons (Fsp3) is 0.0833. The molecule has 0 amide bonds. The molecule has 0 saturated carbocycles. The van der Waals surface area contributed by atoms with Gasteiger partial charge in [0.25, 0.3) is 0 Å². The zero-order valence-corrected chi connectivity index (χ0v) is 17.4. The second-order valence-electron chi connectivity index (χ2n) is 6.70. The van der Waals surface area contributed by atoms with Gasteiger partial charge >= 0.3 is 0 Å². The van der Waals surface area contributed by atoms with Crippen LogP contribution in [0.1, 0.15) is 0 Å². The molecule has 0 radical (unpaired) electrons. The second-order valence-corrected chi connectivity index (χ2v) is 13.6. The third kappa shape index (κ3) is 3.97. The molecule has 3 heteroatoms. The zero-order chi connectivity index (χ0) is 19.2. The first kappa shape index (κ1) is 19.4. The van der Waals surface area contributed by atoms with Gasteiger partial charge < -0.3 is 4.57 Å². The predicted octanol–water partition coefficient (Wildman–Crippen LogP) is 4.81. The summed E-state index contributed by atoms with van der Waals surface area (Å²) in [6, 6.07) is 31.0. The molecule has 0 bridgehead atoms. The smallest absolute Gasteiger partial charge is 0.143 e. The Morgan fingerprint density at radius 2 is 1.11 bits per heavy atom. The van der Waals surface area contributed by atoms with Crippen molar-refractivity contribution in [1.29, 1.82) is 0 Å². The van der Waals surface area contributed by atoms with E-state index in [0.29, 0.717) is 6.16 Å². The van der Waals surface area contributed by atoms with Crippen LogP contribution in [0.5, 0.6) is 0 Å². The van der Waals surface area contributed by atoms with Gasteiger partial charge in [-0.1, -0.05) is 108 Å². The normalized spacial score (nSPS) is 11.7. The molecule has 0 aliphatic carbocycles. The van der Waals surface area contributed by atoms with E-state index in [-0.39, 0.29) is 0 Å². The topological polar surface area (TPSA) is 17.1 Å². The minimum absolute atomic E-state index is 0.611. The summed E-state index contributed by atoms with van der Waals surface area (Å²) in [7, 11) is -4.87. The molecule has 0 fully saturated rings. The summed E-state index contributed by atoms with van der Waals surface area (Å²) in [5.74, 6) is 0. The molecule has 0 aliphatic heterocycles. The Labute approximate surface area is 163 Å². The molecule has 0 aliphatic rings. The van der Waals surface area contributed by atoms with Crippen molar-refractivity contribution in [3.05, 3.63) is 116 Å². The van der Waals surface area contributed by atoms with E-state index in [0.717, 1.165) is 16.7 Å². The van der Waals surface area contributed by atoms with Gasteiger partial charge in [0.2, 0.25) is 0 Å². The van der Waals surface area contributed by atoms with E-state index >= 15 is 0 Å². The van der Waals surface area contributed by atoms with Crippen molar-refractivity contribution >= 4 is 31.0 Å². The highest BCUT2D eigenvalue weighted by Gasteiger charge is 2.34. The Bertz CT molecular complexity index is 884. The minimum Gasteiger partial charge on any atom is -0.314 e. The maximum atomic E-state index is 14.3. The van der Waals surface area contributed by atoms with Gasteiger partial charge in [0.1, 0.15) is 15.2 Å². The lowest BCUT2D eigenvalue weighted by atomic mass is 10.4. The molecule has 0 saturated heterocycles. The number of hydrogen-bond acceptors (Lipinski definition) is 1. The lowest BCUT2D eigenvalue weighted by molar-refractivity contribution is 0.587.